The van der Waals surface area contributed by atoms with Gasteiger partial charge in [-0.15, -0.1) is 4.72 Å². The van der Waals surface area contributed by atoms with Gasteiger partial charge in [-0.1, -0.05) is 18.2 Å². The Labute approximate surface area is 145 Å². The van der Waals surface area contributed by atoms with E-state index in [4.69, 9.17) is 4.52 Å². The Hall–Kier alpha value is -1.57. The van der Waals surface area contributed by atoms with E-state index in [1.54, 1.807) is 0 Å². The van der Waals surface area contributed by atoms with Crippen molar-refractivity contribution in [3.05, 3.63) is 30.3 Å². The summed E-state index contributed by atoms with van der Waals surface area (Å²) >= 11 is -0.883. The predicted octanol–water partition coefficient (Wildman–Crippen LogP) is 2.98. The van der Waals surface area contributed by atoms with Crippen molar-refractivity contribution in [2.75, 3.05) is 17.6 Å². The summed E-state index contributed by atoms with van der Waals surface area (Å²) in [4.78, 5) is 4.39. The Bertz CT molecular complexity index is 614. The molecule has 2 N–H and O–H groups in total. The Morgan fingerprint density at radius 2 is 1.96 bits per heavy atom. The van der Waals surface area contributed by atoms with Gasteiger partial charge in [0.15, 0.2) is 0 Å². The zero-order valence-electron chi connectivity index (χ0n) is 13.9. The first-order valence-electron chi connectivity index (χ1n) is 8.52. The Balaban J connectivity index is 1.43. The second-order valence-electron chi connectivity index (χ2n) is 6.14. The van der Waals surface area contributed by atoms with Crippen LogP contribution in [0, 0.1) is 5.92 Å². The van der Waals surface area contributed by atoms with E-state index in [-0.39, 0.29) is 0 Å². The highest BCUT2D eigenvalue weighted by atomic mass is 32.2. The van der Waals surface area contributed by atoms with Crippen LogP contribution >= 0.6 is 0 Å². The van der Waals surface area contributed by atoms with E-state index in [9.17, 15) is 4.55 Å². The molecule has 24 heavy (non-hydrogen) atoms. The summed E-state index contributed by atoms with van der Waals surface area (Å²) in [5, 5.41) is 7.27. The van der Waals surface area contributed by atoms with Crippen LogP contribution in [0.3, 0.4) is 0 Å². The fraction of sp³-hybridized carbons (Fsp3) is 0.529. The smallest absolute Gasteiger partial charge is 0.263 e. The van der Waals surface area contributed by atoms with E-state index in [2.05, 4.69) is 20.2 Å². The van der Waals surface area contributed by atoms with Gasteiger partial charge in [0.1, 0.15) is 5.75 Å². The predicted molar refractivity (Wildman–Crippen MR) is 95.8 cm³/mol. The third kappa shape index (κ3) is 4.72. The number of aromatic nitrogens is 2. The molecule has 1 aliphatic rings. The van der Waals surface area contributed by atoms with Crippen molar-refractivity contribution in [1.82, 2.24) is 14.9 Å². The minimum absolute atomic E-state index is 0.386. The molecule has 130 valence electrons. The van der Waals surface area contributed by atoms with Crippen LogP contribution in [-0.2, 0) is 11.4 Å². The Kier molecular flexibility index (Phi) is 6.12. The van der Waals surface area contributed by atoms with Crippen molar-refractivity contribution < 1.29 is 9.08 Å². The number of anilines is 1. The van der Waals surface area contributed by atoms with E-state index >= 15 is 0 Å². The third-order valence-corrected chi connectivity index (χ3v) is 5.52. The molecule has 3 rings (SSSR count). The summed E-state index contributed by atoms with van der Waals surface area (Å²) in [5.41, 5.74) is 0.925. The average molecular weight is 348 g/mol. The molecule has 1 aromatic carbocycles. The monoisotopic (exact) mass is 348 g/mol. The number of rotatable bonds is 7. The summed E-state index contributed by atoms with van der Waals surface area (Å²) in [6.07, 6.45) is 4.38. The van der Waals surface area contributed by atoms with Crippen LogP contribution < -0.4 is 10.0 Å². The van der Waals surface area contributed by atoms with Crippen molar-refractivity contribution in [3.8, 4) is 11.5 Å². The largest absolute Gasteiger partial charge is 0.598 e. The molecule has 1 fully saturated rings. The molecule has 2 aromatic rings. The van der Waals surface area contributed by atoms with Crippen molar-refractivity contribution in [2.45, 2.75) is 38.6 Å². The molecule has 0 spiro atoms. The molecule has 1 saturated carbocycles. The first-order valence-corrected chi connectivity index (χ1v) is 9.84. The average Bonchev–Trinajstić information content (AvgIpc) is 3.11. The van der Waals surface area contributed by atoms with Crippen molar-refractivity contribution >= 4 is 17.3 Å². The van der Waals surface area contributed by atoms with Crippen molar-refractivity contribution in [1.29, 1.82) is 0 Å². The van der Waals surface area contributed by atoms with Crippen molar-refractivity contribution in [2.24, 2.45) is 5.92 Å². The van der Waals surface area contributed by atoms with Crippen LogP contribution in [0.5, 0.6) is 0 Å². The van der Waals surface area contributed by atoms with Gasteiger partial charge in [-0.25, -0.2) is 0 Å². The SMILES string of the molecule is CC[S+]([O-])N[C@H]1CC[C@H](CNc2noc(-c3ccccc3)n2)CC1. The fourth-order valence-corrected chi connectivity index (χ4v) is 3.76. The molecule has 0 radical (unpaired) electrons. The summed E-state index contributed by atoms with van der Waals surface area (Å²) in [7, 11) is 0. The van der Waals surface area contributed by atoms with E-state index in [0.29, 0.717) is 29.6 Å². The molecular formula is C17H24N4O2S. The minimum Gasteiger partial charge on any atom is -0.598 e. The molecular weight excluding hydrogens is 324 g/mol. The summed E-state index contributed by atoms with van der Waals surface area (Å²) in [6.45, 7) is 2.78. The Morgan fingerprint density at radius 1 is 1.21 bits per heavy atom. The number of nitrogens with one attached hydrogen (secondary N) is 2. The van der Waals surface area contributed by atoms with Gasteiger partial charge in [-0.05, 0) is 55.8 Å². The first kappa shape index (κ1) is 17.3. The number of benzene rings is 1. The highest BCUT2D eigenvalue weighted by Crippen LogP contribution is 2.25. The normalized spacial score (nSPS) is 22.2. The topological polar surface area (TPSA) is 86.0 Å². The zero-order valence-corrected chi connectivity index (χ0v) is 14.7. The van der Waals surface area contributed by atoms with Gasteiger partial charge in [0.25, 0.3) is 11.8 Å². The molecule has 7 heteroatoms. The highest BCUT2D eigenvalue weighted by Gasteiger charge is 2.24. The van der Waals surface area contributed by atoms with Crippen LogP contribution in [0.4, 0.5) is 5.95 Å². The van der Waals surface area contributed by atoms with Crippen LogP contribution in [-0.4, -0.2) is 33.0 Å². The quantitative estimate of drug-likeness (QED) is 0.748. The molecule has 1 unspecified atom stereocenters. The van der Waals surface area contributed by atoms with Gasteiger partial charge >= 0.3 is 0 Å². The first-order chi connectivity index (χ1) is 11.7. The number of hydrogen-bond donors (Lipinski definition) is 2. The lowest BCUT2D eigenvalue weighted by Crippen LogP contribution is -2.39. The lowest BCUT2D eigenvalue weighted by Gasteiger charge is -2.28. The van der Waals surface area contributed by atoms with Gasteiger partial charge in [-0.2, -0.15) is 4.98 Å². The summed E-state index contributed by atoms with van der Waals surface area (Å²) in [6, 6.07) is 10.1. The third-order valence-electron chi connectivity index (χ3n) is 4.40. The van der Waals surface area contributed by atoms with Gasteiger partial charge in [0, 0.05) is 23.5 Å². The molecule has 1 heterocycles. The lowest BCUT2D eigenvalue weighted by atomic mass is 9.86. The van der Waals surface area contributed by atoms with Crippen molar-refractivity contribution in [3.63, 3.8) is 0 Å². The van der Waals surface area contributed by atoms with E-state index in [0.717, 1.165) is 37.8 Å². The maximum absolute atomic E-state index is 11.6. The summed E-state index contributed by atoms with van der Waals surface area (Å²) in [5.74, 6) is 2.34. The van der Waals surface area contributed by atoms with Crippen LogP contribution in [0.1, 0.15) is 32.6 Å². The Morgan fingerprint density at radius 3 is 2.67 bits per heavy atom. The maximum atomic E-state index is 11.6. The molecule has 1 aromatic heterocycles. The zero-order chi connectivity index (χ0) is 16.8. The molecule has 0 aliphatic heterocycles. The highest BCUT2D eigenvalue weighted by molar-refractivity contribution is 7.89. The molecule has 6 nitrogen and oxygen atoms in total. The molecule has 0 amide bonds. The standard InChI is InChI=1S/C17H24N4O2S/c1-2-24(22)21-15-10-8-13(9-11-15)12-18-17-19-16(23-20-17)14-6-4-3-5-7-14/h3-7,13,15,21H,2,8-12H2,1H3,(H,18,20)/t13-,15-,24?. The number of hydrogen-bond acceptors (Lipinski definition) is 6. The second kappa shape index (κ2) is 8.50. The molecule has 1 atom stereocenters. The van der Waals surface area contributed by atoms with Gasteiger partial charge in [0.05, 0.1) is 6.04 Å². The lowest BCUT2D eigenvalue weighted by molar-refractivity contribution is 0.323. The molecule has 0 saturated heterocycles. The van der Waals surface area contributed by atoms with E-state index < -0.39 is 11.4 Å². The van der Waals surface area contributed by atoms with Gasteiger partial charge < -0.3 is 14.4 Å². The molecule has 0 bridgehead atoms. The number of nitrogens with zero attached hydrogens (tertiary/aromatic N) is 2. The minimum atomic E-state index is -0.883. The van der Waals surface area contributed by atoms with Gasteiger partial charge in [-0.3, -0.25) is 0 Å². The second-order valence-corrected chi connectivity index (χ2v) is 7.64. The van der Waals surface area contributed by atoms with Gasteiger partial charge in [0.2, 0.25) is 0 Å². The fourth-order valence-electron chi connectivity index (χ4n) is 2.98. The van der Waals surface area contributed by atoms with Crippen LogP contribution in [0.25, 0.3) is 11.5 Å². The van der Waals surface area contributed by atoms with Crippen LogP contribution in [0.15, 0.2) is 34.9 Å². The van der Waals surface area contributed by atoms with Crippen LogP contribution in [0.2, 0.25) is 0 Å². The maximum Gasteiger partial charge on any atom is 0.263 e. The molecule has 1 aliphatic carbocycles. The van der Waals surface area contributed by atoms with E-state index in [1.165, 1.54) is 0 Å². The van der Waals surface area contributed by atoms with E-state index in [1.807, 2.05) is 37.3 Å². The summed E-state index contributed by atoms with van der Waals surface area (Å²) < 4.78 is 20.0.